The van der Waals surface area contributed by atoms with Crippen LogP contribution in [0.4, 0.5) is 0 Å². The van der Waals surface area contributed by atoms with Gasteiger partial charge in [0.1, 0.15) is 5.75 Å². The van der Waals surface area contributed by atoms with E-state index in [0.717, 1.165) is 42.0 Å². The largest absolute Gasteiger partial charge is 0.496 e. The number of ether oxygens (including phenoxy) is 3. The van der Waals surface area contributed by atoms with Crippen molar-refractivity contribution in [3.8, 4) is 17.2 Å². The van der Waals surface area contributed by atoms with Crippen molar-refractivity contribution in [3.63, 3.8) is 0 Å². The molecule has 1 amide bonds. The van der Waals surface area contributed by atoms with E-state index in [2.05, 4.69) is 17.0 Å². The van der Waals surface area contributed by atoms with E-state index in [1.54, 1.807) is 21.3 Å². The first-order valence-corrected chi connectivity index (χ1v) is 9.04. The van der Waals surface area contributed by atoms with Crippen molar-refractivity contribution in [1.29, 1.82) is 0 Å². The van der Waals surface area contributed by atoms with Crippen LogP contribution in [0.1, 0.15) is 38.7 Å². The number of hydrogen-bond acceptors (Lipinski definition) is 5. The van der Waals surface area contributed by atoms with E-state index in [9.17, 15) is 4.79 Å². The quantitative estimate of drug-likeness (QED) is 0.897. The Bertz CT molecular complexity index is 910. The lowest BCUT2D eigenvalue weighted by Crippen LogP contribution is -2.40. The molecule has 0 saturated carbocycles. The van der Waals surface area contributed by atoms with Gasteiger partial charge in [0.25, 0.3) is 5.91 Å². The van der Waals surface area contributed by atoms with Gasteiger partial charge in [-0.3, -0.25) is 9.69 Å². The maximum absolute atomic E-state index is 12.1. The molecule has 0 fully saturated rings. The Morgan fingerprint density at radius 3 is 2.41 bits per heavy atom. The Morgan fingerprint density at radius 1 is 1.04 bits per heavy atom. The van der Waals surface area contributed by atoms with Gasteiger partial charge >= 0.3 is 0 Å². The van der Waals surface area contributed by atoms with Gasteiger partial charge in [-0.15, -0.1) is 0 Å². The second-order valence-corrected chi connectivity index (χ2v) is 6.99. The van der Waals surface area contributed by atoms with E-state index < -0.39 is 5.91 Å². The van der Waals surface area contributed by atoms with E-state index >= 15 is 0 Å². The van der Waals surface area contributed by atoms with E-state index in [1.165, 1.54) is 11.1 Å². The number of primary amides is 1. The summed E-state index contributed by atoms with van der Waals surface area (Å²) in [6, 6.07) is 8.31. The fraction of sp³-hybridized carbons (Fsp3) is 0.381. The van der Waals surface area contributed by atoms with E-state index in [1.807, 2.05) is 12.1 Å². The van der Waals surface area contributed by atoms with Crippen LogP contribution in [0.2, 0.25) is 0 Å². The lowest BCUT2D eigenvalue weighted by Gasteiger charge is -2.42. The third-order valence-corrected chi connectivity index (χ3v) is 5.73. The Kier molecular flexibility index (Phi) is 4.44. The third kappa shape index (κ3) is 2.80. The molecule has 6 heteroatoms. The zero-order valence-corrected chi connectivity index (χ0v) is 15.9. The molecule has 2 aromatic rings. The smallest absolute Gasteiger partial charge is 0.252 e. The zero-order valence-electron chi connectivity index (χ0n) is 15.9. The van der Waals surface area contributed by atoms with Gasteiger partial charge in [-0.05, 0) is 53.3 Å². The number of hydrogen-bond donors (Lipinski definition) is 1. The minimum Gasteiger partial charge on any atom is -0.496 e. The zero-order chi connectivity index (χ0) is 19.1. The minimum absolute atomic E-state index is 0.246. The van der Waals surface area contributed by atoms with Gasteiger partial charge in [0.15, 0.2) is 11.5 Å². The lowest BCUT2D eigenvalue weighted by atomic mass is 9.82. The number of methoxy groups -OCH3 is 3. The van der Waals surface area contributed by atoms with E-state index in [4.69, 9.17) is 19.9 Å². The van der Waals surface area contributed by atoms with Crippen LogP contribution >= 0.6 is 0 Å². The summed E-state index contributed by atoms with van der Waals surface area (Å²) in [6.07, 6.45) is 1.75. The highest BCUT2D eigenvalue weighted by molar-refractivity contribution is 5.97. The summed E-state index contributed by atoms with van der Waals surface area (Å²) in [7, 11) is 4.89. The highest BCUT2D eigenvalue weighted by atomic mass is 16.5. The fourth-order valence-electron chi connectivity index (χ4n) is 4.40. The summed E-state index contributed by atoms with van der Waals surface area (Å²) in [5.74, 6) is 1.62. The number of carbonyl (C=O) groups is 1. The second-order valence-electron chi connectivity index (χ2n) is 6.99. The van der Waals surface area contributed by atoms with Gasteiger partial charge in [0.05, 0.1) is 26.9 Å². The SMILES string of the molecule is COc1cc2c(cc1OC)C1Cc3ccc(OC)c(C(N)=O)c3CN1CC2. The molecule has 0 radical (unpaired) electrons. The molecule has 4 rings (SSSR count). The first-order valence-electron chi connectivity index (χ1n) is 9.04. The van der Waals surface area contributed by atoms with Crippen LogP contribution in [0.15, 0.2) is 24.3 Å². The van der Waals surface area contributed by atoms with Crippen molar-refractivity contribution >= 4 is 5.91 Å². The molecular weight excluding hydrogens is 344 g/mol. The average molecular weight is 368 g/mol. The average Bonchev–Trinajstić information content (AvgIpc) is 2.69. The molecule has 6 nitrogen and oxygen atoms in total. The van der Waals surface area contributed by atoms with Crippen LogP contribution in [0.5, 0.6) is 17.2 Å². The van der Waals surface area contributed by atoms with Gasteiger partial charge in [0, 0.05) is 19.1 Å². The standard InChI is InChI=1S/C21H24N2O4/c1-25-17-5-4-12-8-16-14-10-19(27-3)18(26-2)9-13(14)6-7-23(16)11-15(12)20(17)21(22)24/h4-5,9-10,16H,6-8,11H2,1-3H3,(H2,22,24). The first-order chi connectivity index (χ1) is 13.1. The third-order valence-electron chi connectivity index (χ3n) is 5.73. The molecule has 2 heterocycles. The topological polar surface area (TPSA) is 74.0 Å². The van der Waals surface area contributed by atoms with Crippen LogP contribution in [-0.4, -0.2) is 38.7 Å². The summed E-state index contributed by atoms with van der Waals surface area (Å²) >= 11 is 0. The highest BCUT2D eigenvalue weighted by Crippen LogP contribution is 2.43. The molecule has 0 aromatic heterocycles. The number of carbonyl (C=O) groups excluding carboxylic acids is 1. The normalized spacial score (nSPS) is 18.1. The Hall–Kier alpha value is -2.73. The van der Waals surface area contributed by atoms with Crippen molar-refractivity contribution < 1.29 is 19.0 Å². The molecular formula is C21H24N2O4. The van der Waals surface area contributed by atoms with Crippen LogP contribution in [0, 0.1) is 0 Å². The number of nitrogens with two attached hydrogens (primary N) is 1. The Balaban J connectivity index is 1.79. The Morgan fingerprint density at radius 2 is 1.74 bits per heavy atom. The lowest BCUT2D eigenvalue weighted by molar-refractivity contribution is 0.0991. The number of benzene rings is 2. The molecule has 1 atom stereocenters. The molecule has 2 aromatic carbocycles. The van der Waals surface area contributed by atoms with Crippen LogP contribution < -0.4 is 19.9 Å². The molecule has 2 N–H and O–H groups in total. The monoisotopic (exact) mass is 368 g/mol. The fourth-order valence-corrected chi connectivity index (χ4v) is 4.40. The Labute approximate surface area is 158 Å². The molecule has 2 aliphatic heterocycles. The number of amides is 1. The summed E-state index contributed by atoms with van der Waals surface area (Å²) in [6.45, 7) is 1.60. The van der Waals surface area contributed by atoms with E-state index in [-0.39, 0.29) is 6.04 Å². The first kappa shape index (κ1) is 17.7. The van der Waals surface area contributed by atoms with Gasteiger partial charge < -0.3 is 19.9 Å². The predicted octanol–water partition coefficient (Wildman–Crippen LogP) is 2.47. The molecule has 2 aliphatic rings. The molecule has 0 aliphatic carbocycles. The molecule has 142 valence electrons. The van der Waals surface area contributed by atoms with E-state index in [0.29, 0.717) is 17.9 Å². The number of nitrogens with zero attached hydrogens (tertiary/aromatic N) is 1. The van der Waals surface area contributed by atoms with Gasteiger partial charge in [-0.2, -0.15) is 0 Å². The second kappa shape index (κ2) is 6.78. The van der Waals surface area contributed by atoms with Crippen molar-refractivity contribution in [2.45, 2.75) is 25.4 Å². The predicted molar refractivity (Wildman–Crippen MR) is 102 cm³/mol. The van der Waals surface area contributed by atoms with Crippen LogP contribution in [0.3, 0.4) is 0 Å². The summed E-state index contributed by atoms with van der Waals surface area (Å²) in [5, 5.41) is 0. The highest BCUT2D eigenvalue weighted by Gasteiger charge is 2.35. The summed E-state index contributed by atoms with van der Waals surface area (Å²) in [5.41, 5.74) is 10.9. The van der Waals surface area contributed by atoms with Gasteiger partial charge in [-0.25, -0.2) is 0 Å². The molecule has 27 heavy (non-hydrogen) atoms. The number of rotatable bonds is 4. The summed E-state index contributed by atoms with van der Waals surface area (Å²) < 4.78 is 16.3. The maximum atomic E-state index is 12.1. The molecule has 0 spiro atoms. The minimum atomic E-state index is -0.439. The van der Waals surface area contributed by atoms with Crippen LogP contribution in [-0.2, 0) is 19.4 Å². The molecule has 1 unspecified atom stereocenters. The maximum Gasteiger partial charge on any atom is 0.252 e. The molecule has 0 bridgehead atoms. The van der Waals surface area contributed by atoms with Crippen molar-refractivity contribution in [2.24, 2.45) is 5.73 Å². The summed E-state index contributed by atoms with van der Waals surface area (Å²) in [4.78, 5) is 14.5. The van der Waals surface area contributed by atoms with Crippen molar-refractivity contribution in [3.05, 3.63) is 52.1 Å². The van der Waals surface area contributed by atoms with Crippen LogP contribution in [0.25, 0.3) is 0 Å². The molecule has 0 saturated heterocycles. The van der Waals surface area contributed by atoms with Gasteiger partial charge in [0.2, 0.25) is 0 Å². The van der Waals surface area contributed by atoms with Crippen molar-refractivity contribution in [2.75, 3.05) is 27.9 Å². The number of fused-ring (bicyclic) bond motifs is 4. The van der Waals surface area contributed by atoms with Gasteiger partial charge in [-0.1, -0.05) is 6.07 Å². The van der Waals surface area contributed by atoms with Crippen molar-refractivity contribution in [1.82, 2.24) is 4.90 Å².